The van der Waals surface area contributed by atoms with E-state index in [0.29, 0.717) is 0 Å². The third-order valence-corrected chi connectivity index (χ3v) is 2.63. The molecular weight excluding hydrogens is 300 g/mol. The molecule has 21 heavy (non-hydrogen) atoms. The molecule has 2 aromatic rings. The molecule has 0 spiro atoms. The Morgan fingerprint density at radius 1 is 1.05 bits per heavy atom. The van der Waals surface area contributed by atoms with Gasteiger partial charge in [0.05, 0.1) is 11.9 Å². The molecule has 0 saturated carbocycles. The van der Waals surface area contributed by atoms with Gasteiger partial charge in [0.25, 0.3) is 0 Å². The van der Waals surface area contributed by atoms with Crippen molar-refractivity contribution in [2.75, 3.05) is 0 Å². The average molecular weight is 305 g/mol. The molecule has 1 N–H and O–H groups in total. The zero-order valence-corrected chi connectivity index (χ0v) is 15.2. The molecule has 7 nitrogen and oxygen atoms in total. The molecule has 0 aliphatic carbocycles. The third-order valence-electron chi connectivity index (χ3n) is 2.63. The van der Waals surface area contributed by atoms with Crippen LogP contribution in [0.3, 0.4) is 0 Å². The van der Waals surface area contributed by atoms with Crippen LogP contribution in [0.2, 0.25) is 0 Å². The van der Waals surface area contributed by atoms with Crippen LogP contribution >= 0.6 is 0 Å². The molecule has 2 rings (SSSR count). The molecule has 0 heterocycles. The summed E-state index contributed by atoms with van der Waals surface area (Å²) < 4.78 is 0. The van der Waals surface area contributed by atoms with Crippen molar-refractivity contribution < 1.29 is 84.0 Å². The van der Waals surface area contributed by atoms with Gasteiger partial charge in [0.15, 0.2) is 11.4 Å². The van der Waals surface area contributed by atoms with Crippen molar-refractivity contribution in [2.24, 2.45) is 5.18 Å². The van der Waals surface area contributed by atoms with Gasteiger partial charge in [-0.2, -0.15) is 0 Å². The first-order valence-electron chi connectivity index (χ1n) is 5.01. The molecule has 0 amide bonds. The van der Waals surface area contributed by atoms with E-state index in [2.05, 4.69) is 5.18 Å². The maximum Gasteiger partial charge on any atom is 1.00 e. The number of nitroso groups, excluding NO2 is 1. The van der Waals surface area contributed by atoms with Crippen molar-refractivity contribution in [1.29, 1.82) is 0 Å². The van der Waals surface area contributed by atoms with Crippen molar-refractivity contribution in [2.45, 2.75) is 0 Å². The Morgan fingerprint density at radius 2 is 1.67 bits per heavy atom. The number of hydrogen-bond acceptors (Lipinski definition) is 7. The van der Waals surface area contributed by atoms with Gasteiger partial charge < -0.3 is 24.9 Å². The minimum absolute atomic E-state index is 0. The smallest absolute Gasteiger partial charge is 0.545 e. The number of hydrogen-bond donors (Lipinski definition) is 1. The van der Waals surface area contributed by atoms with Gasteiger partial charge in [-0.05, 0) is 28.3 Å². The van der Waals surface area contributed by atoms with Gasteiger partial charge in [0.2, 0.25) is 0 Å². The molecule has 0 radical (unpaired) electrons. The van der Waals surface area contributed by atoms with Crippen LogP contribution in [-0.2, 0) is 0 Å². The second-order valence-electron chi connectivity index (χ2n) is 3.72. The fourth-order valence-corrected chi connectivity index (χ4v) is 1.75. The second kappa shape index (κ2) is 7.88. The number of carboxylic acid groups (broad SMARTS) is 2. The van der Waals surface area contributed by atoms with Gasteiger partial charge in [-0.25, -0.2) is 0 Å². The largest absolute Gasteiger partial charge is 1.00 e. The normalized spacial score (nSPS) is 9.33. The quantitative estimate of drug-likeness (QED) is 0.443. The Balaban J connectivity index is 0.00000200. The maximum atomic E-state index is 10.8. The molecule has 0 aromatic heterocycles. The maximum absolute atomic E-state index is 10.8. The van der Waals surface area contributed by atoms with Crippen LogP contribution in [0.25, 0.3) is 10.8 Å². The fourth-order valence-electron chi connectivity index (χ4n) is 1.75. The van der Waals surface area contributed by atoms with Crippen molar-refractivity contribution >= 4 is 28.4 Å². The summed E-state index contributed by atoms with van der Waals surface area (Å²) in [4.78, 5) is 32.2. The van der Waals surface area contributed by atoms with Gasteiger partial charge in [-0.3, -0.25) is 0 Å². The Labute approximate surface area is 162 Å². The monoisotopic (exact) mass is 305 g/mol. The van der Waals surface area contributed by atoms with E-state index in [1.807, 2.05) is 0 Å². The van der Waals surface area contributed by atoms with E-state index < -0.39 is 28.9 Å². The molecule has 2 aromatic carbocycles. The van der Waals surface area contributed by atoms with Crippen molar-refractivity contribution in [3.05, 3.63) is 40.3 Å². The van der Waals surface area contributed by atoms with Crippen LogP contribution in [0, 0.1) is 4.91 Å². The minimum Gasteiger partial charge on any atom is -0.545 e. The zero-order chi connectivity index (χ0) is 14.2. The van der Waals surface area contributed by atoms with E-state index >= 15 is 0 Å². The van der Waals surface area contributed by atoms with Gasteiger partial charge in [0.1, 0.15) is 0 Å². The molecule has 0 unspecified atom stereocenters. The van der Waals surface area contributed by atoms with Crippen LogP contribution in [0.15, 0.2) is 29.4 Å². The zero-order valence-electron chi connectivity index (χ0n) is 11.2. The number of aromatic carboxylic acids is 2. The summed E-state index contributed by atoms with van der Waals surface area (Å²) >= 11 is 0. The molecule has 9 heteroatoms. The molecule has 0 atom stereocenters. The van der Waals surface area contributed by atoms with Crippen molar-refractivity contribution in [3.63, 3.8) is 0 Å². The summed E-state index contributed by atoms with van der Waals surface area (Å²) in [6, 6.07) is 4.51. The SMILES string of the molecule is O=Nc1c(O)c(C(=O)[O-])cc2cc(C(=O)[O-])ccc12.[Na+].[Na+]. The van der Waals surface area contributed by atoms with Crippen LogP contribution in [-0.4, -0.2) is 17.0 Å². The number of carboxylic acids is 2. The van der Waals surface area contributed by atoms with Crippen LogP contribution in [0.4, 0.5) is 5.69 Å². The van der Waals surface area contributed by atoms with Crippen molar-refractivity contribution in [1.82, 2.24) is 0 Å². The Kier molecular flexibility index (Phi) is 7.52. The molecule has 96 valence electrons. The molecule has 0 aliphatic heterocycles. The Bertz CT molecular complexity index is 731. The van der Waals surface area contributed by atoms with Gasteiger partial charge in [-0.1, -0.05) is 12.1 Å². The van der Waals surface area contributed by atoms with E-state index in [4.69, 9.17) is 0 Å². The van der Waals surface area contributed by atoms with Crippen LogP contribution < -0.4 is 69.3 Å². The fraction of sp³-hybridized carbons (Fsp3) is 0. The number of carbonyl (C=O) groups excluding carboxylic acids is 2. The number of benzene rings is 2. The Hall–Kier alpha value is -0.960. The molecular formula is C12H5NNa2O6. The molecule has 0 aliphatic rings. The number of nitrogens with zero attached hydrogens (tertiary/aromatic N) is 1. The summed E-state index contributed by atoms with van der Waals surface area (Å²) in [5.41, 5.74) is -1.32. The number of carbonyl (C=O) groups is 2. The number of phenols is 1. The summed E-state index contributed by atoms with van der Waals surface area (Å²) in [6.45, 7) is 0. The van der Waals surface area contributed by atoms with Gasteiger partial charge >= 0.3 is 59.1 Å². The second-order valence-corrected chi connectivity index (χ2v) is 3.72. The summed E-state index contributed by atoms with van der Waals surface area (Å²) in [6.07, 6.45) is 0. The molecule has 0 saturated heterocycles. The van der Waals surface area contributed by atoms with E-state index in [-0.39, 0.29) is 75.5 Å². The first-order valence-corrected chi connectivity index (χ1v) is 5.01. The van der Waals surface area contributed by atoms with Crippen molar-refractivity contribution in [3.8, 4) is 5.75 Å². The summed E-state index contributed by atoms with van der Waals surface area (Å²) in [5, 5.41) is 33.9. The summed E-state index contributed by atoms with van der Waals surface area (Å²) in [5.74, 6) is -3.97. The summed E-state index contributed by atoms with van der Waals surface area (Å²) in [7, 11) is 0. The van der Waals surface area contributed by atoms with Crippen LogP contribution in [0.5, 0.6) is 5.75 Å². The molecule has 0 fully saturated rings. The Morgan fingerprint density at radius 3 is 2.14 bits per heavy atom. The van der Waals surface area contributed by atoms with E-state index in [1.54, 1.807) is 0 Å². The van der Waals surface area contributed by atoms with E-state index in [9.17, 15) is 29.8 Å². The number of rotatable bonds is 3. The van der Waals surface area contributed by atoms with Gasteiger partial charge in [0, 0.05) is 10.9 Å². The topological polar surface area (TPSA) is 130 Å². The standard InChI is InChI=1S/C12H7NO6.2Na/c14-10-8(12(17)18)4-6-3-5(11(15)16)1-2-7(6)9(10)13-19;;/h1-4,14H,(H,15,16)(H,17,18);;/q;2*+1/p-2. The first kappa shape index (κ1) is 20.0. The van der Waals surface area contributed by atoms with E-state index in [1.165, 1.54) is 6.07 Å². The number of aromatic hydroxyl groups is 1. The van der Waals surface area contributed by atoms with Gasteiger partial charge in [-0.15, -0.1) is 4.91 Å². The average Bonchev–Trinajstić information content (AvgIpc) is 2.37. The van der Waals surface area contributed by atoms with E-state index in [0.717, 1.165) is 18.2 Å². The molecule has 0 bridgehead atoms. The van der Waals surface area contributed by atoms with Crippen LogP contribution in [0.1, 0.15) is 20.7 Å². The predicted octanol–water partition coefficient (Wildman–Crippen LogP) is -6.32. The number of fused-ring (bicyclic) bond motifs is 1. The first-order chi connectivity index (χ1) is 8.95. The minimum atomic E-state index is -1.71. The predicted molar refractivity (Wildman–Crippen MR) is 59.7 cm³/mol. The third kappa shape index (κ3) is 3.82.